The van der Waals surface area contributed by atoms with Crippen molar-refractivity contribution in [1.82, 2.24) is 0 Å². The van der Waals surface area contributed by atoms with Crippen molar-refractivity contribution in [2.45, 2.75) is 20.3 Å². The van der Waals surface area contributed by atoms with Crippen LogP contribution in [0.3, 0.4) is 0 Å². The second kappa shape index (κ2) is 8.05. The van der Waals surface area contributed by atoms with Crippen LogP contribution in [-0.4, -0.2) is 26.0 Å². The molecule has 1 rings (SSSR count). The summed E-state index contributed by atoms with van der Waals surface area (Å²) in [7, 11) is 0. The predicted octanol–water partition coefficient (Wildman–Crippen LogP) is 2.97. The van der Waals surface area contributed by atoms with Gasteiger partial charge in [0.1, 0.15) is 0 Å². The number of benzene rings is 1. The van der Waals surface area contributed by atoms with E-state index >= 15 is 0 Å². The van der Waals surface area contributed by atoms with Gasteiger partial charge in [0, 0.05) is 12.8 Å². The topological polar surface area (TPSA) is 21.6 Å². The van der Waals surface area contributed by atoms with E-state index < -0.39 is 0 Å². The molecular formula is C14H21NO. The molecule has 1 unspecified atom stereocenters. The van der Waals surface area contributed by atoms with Crippen LogP contribution in [0.5, 0.6) is 0 Å². The summed E-state index contributed by atoms with van der Waals surface area (Å²) >= 11 is 0. The predicted molar refractivity (Wildman–Crippen MR) is 69.2 cm³/mol. The van der Waals surface area contributed by atoms with Crippen LogP contribution in [0.15, 0.2) is 35.3 Å². The molecule has 0 aliphatic rings. The van der Waals surface area contributed by atoms with Crippen LogP contribution in [0, 0.1) is 5.92 Å². The third-order valence-electron chi connectivity index (χ3n) is 2.33. The average molecular weight is 219 g/mol. The summed E-state index contributed by atoms with van der Waals surface area (Å²) in [5, 5.41) is 0. The Kier molecular flexibility index (Phi) is 6.50. The maximum atomic E-state index is 5.22. The number of hydrogen-bond acceptors (Lipinski definition) is 2. The average Bonchev–Trinajstić information content (AvgIpc) is 2.30. The zero-order valence-corrected chi connectivity index (χ0v) is 10.2. The highest BCUT2D eigenvalue weighted by Crippen LogP contribution is 2.06. The summed E-state index contributed by atoms with van der Waals surface area (Å²) in [6.07, 6.45) is 3.09. The number of hydrogen-bond donors (Lipinski definition) is 0. The summed E-state index contributed by atoms with van der Waals surface area (Å²) in [6.45, 7) is 6.46. The number of rotatable bonds is 7. The monoisotopic (exact) mass is 219 g/mol. The Bertz CT molecular complexity index is 295. The molecule has 2 heteroatoms. The zero-order valence-electron chi connectivity index (χ0n) is 10.2. The Morgan fingerprint density at radius 2 is 2.06 bits per heavy atom. The fourth-order valence-corrected chi connectivity index (χ4v) is 1.55. The highest BCUT2D eigenvalue weighted by atomic mass is 16.5. The SMILES string of the molecule is CCOCCN=CC(C)Cc1ccccc1. The van der Waals surface area contributed by atoms with E-state index in [1.807, 2.05) is 19.2 Å². The standard InChI is InChI=1S/C14H21NO/c1-3-16-10-9-15-12-13(2)11-14-7-5-4-6-8-14/h4-8,12-13H,3,9-11H2,1-2H3. The van der Waals surface area contributed by atoms with E-state index in [1.165, 1.54) is 5.56 Å². The van der Waals surface area contributed by atoms with E-state index in [0.29, 0.717) is 5.92 Å². The summed E-state index contributed by atoms with van der Waals surface area (Å²) in [5.41, 5.74) is 1.37. The van der Waals surface area contributed by atoms with E-state index in [2.05, 4.69) is 36.2 Å². The first-order valence-electron chi connectivity index (χ1n) is 5.94. The lowest BCUT2D eigenvalue weighted by Gasteiger charge is -2.05. The summed E-state index contributed by atoms with van der Waals surface area (Å²) in [6, 6.07) is 10.5. The molecule has 16 heavy (non-hydrogen) atoms. The molecule has 2 nitrogen and oxygen atoms in total. The molecule has 0 heterocycles. The maximum Gasteiger partial charge on any atom is 0.0661 e. The minimum absolute atomic E-state index is 0.490. The highest BCUT2D eigenvalue weighted by Gasteiger charge is 1.99. The molecular weight excluding hydrogens is 198 g/mol. The molecule has 0 saturated carbocycles. The molecule has 0 aliphatic carbocycles. The van der Waals surface area contributed by atoms with Crippen molar-refractivity contribution >= 4 is 6.21 Å². The molecule has 0 N–H and O–H groups in total. The molecule has 0 fully saturated rings. The van der Waals surface area contributed by atoms with E-state index in [4.69, 9.17) is 4.74 Å². The van der Waals surface area contributed by atoms with Crippen LogP contribution in [0.2, 0.25) is 0 Å². The molecule has 0 spiro atoms. The lowest BCUT2D eigenvalue weighted by atomic mass is 10.0. The second-order valence-corrected chi connectivity index (χ2v) is 3.92. The fraction of sp³-hybridized carbons (Fsp3) is 0.500. The Labute approximate surface area is 98.4 Å². The van der Waals surface area contributed by atoms with Gasteiger partial charge in [-0.25, -0.2) is 0 Å². The van der Waals surface area contributed by atoms with E-state index in [9.17, 15) is 0 Å². The van der Waals surface area contributed by atoms with Crippen molar-refractivity contribution in [2.24, 2.45) is 10.9 Å². The first-order chi connectivity index (χ1) is 7.83. The van der Waals surface area contributed by atoms with Crippen molar-refractivity contribution < 1.29 is 4.74 Å². The van der Waals surface area contributed by atoms with Crippen LogP contribution in [0.25, 0.3) is 0 Å². The van der Waals surface area contributed by atoms with Gasteiger partial charge in [0.25, 0.3) is 0 Å². The first-order valence-corrected chi connectivity index (χ1v) is 5.94. The molecule has 0 radical (unpaired) electrons. The molecule has 88 valence electrons. The minimum atomic E-state index is 0.490. The molecule has 1 atom stereocenters. The van der Waals surface area contributed by atoms with Crippen molar-refractivity contribution in [3.63, 3.8) is 0 Å². The summed E-state index contributed by atoms with van der Waals surface area (Å²) in [5.74, 6) is 0.490. The number of ether oxygens (including phenoxy) is 1. The van der Waals surface area contributed by atoms with Crippen LogP contribution in [0.1, 0.15) is 19.4 Å². The molecule has 0 saturated heterocycles. The number of aliphatic imine (C=N–C) groups is 1. The lowest BCUT2D eigenvalue weighted by molar-refractivity contribution is 0.156. The van der Waals surface area contributed by atoms with Crippen molar-refractivity contribution in [3.8, 4) is 0 Å². The third kappa shape index (κ3) is 5.66. The van der Waals surface area contributed by atoms with E-state index in [1.54, 1.807) is 0 Å². The Hall–Kier alpha value is -1.15. The lowest BCUT2D eigenvalue weighted by Crippen LogP contribution is -2.03. The Morgan fingerprint density at radius 1 is 1.31 bits per heavy atom. The van der Waals surface area contributed by atoms with Crippen LogP contribution < -0.4 is 0 Å². The molecule has 0 aliphatic heterocycles. The van der Waals surface area contributed by atoms with Gasteiger partial charge < -0.3 is 4.74 Å². The largest absolute Gasteiger partial charge is 0.380 e. The normalized spacial score (nSPS) is 13.1. The molecule has 0 bridgehead atoms. The van der Waals surface area contributed by atoms with Crippen molar-refractivity contribution in [1.29, 1.82) is 0 Å². The van der Waals surface area contributed by atoms with Gasteiger partial charge in [-0.3, -0.25) is 4.99 Å². The van der Waals surface area contributed by atoms with E-state index in [0.717, 1.165) is 26.2 Å². The van der Waals surface area contributed by atoms with Gasteiger partial charge in [-0.15, -0.1) is 0 Å². The molecule has 0 aromatic heterocycles. The molecule has 1 aromatic rings. The van der Waals surface area contributed by atoms with Gasteiger partial charge in [-0.2, -0.15) is 0 Å². The minimum Gasteiger partial charge on any atom is -0.380 e. The zero-order chi connectivity index (χ0) is 11.6. The van der Waals surface area contributed by atoms with Gasteiger partial charge in [-0.1, -0.05) is 37.3 Å². The number of nitrogens with zero attached hydrogens (tertiary/aromatic N) is 1. The Morgan fingerprint density at radius 3 is 2.75 bits per heavy atom. The van der Waals surface area contributed by atoms with E-state index in [-0.39, 0.29) is 0 Å². The summed E-state index contributed by atoms with van der Waals surface area (Å²) < 4.78 is 5.22. The molecule has 0 amide bonds. The maximum absolute atomic E-state index is 5.22. The van der Waals surface area contributed by atoms with Gasteiger partial charge in [-0.05, 0) is 24.8 Å². The second-order valence-electron chi connectivity index (χ2n) is 3.92. The highest BCUT2D eigenvalue weighted by molar-refractivity contribution is 5.60. The first kappa shape index (κ1) is 12.9. The van der Waals surface area contributed by atoms with Crippen LogP contribution >= 0.6 is 0 Å². The van der Waals surface area contributed by atoms with Gasteiger partial charge in [0.2, 0.25) is 0 Å². The van der Waals surface area contributed by atoms with Gasteiger partial charge in [0.05, 0.1) is 13.2 Å². The Balaban J connectivity index is 2.22. The van der Waals surface area contributed by atoms with Crippen LogP contribution in [-0.2, 0) is 11.2 Å². The van der Waals surface area contributed by atoms with Crippen LogP contribution in [0.4, 0.5) is 0 Å². The smallest absolute Gasteiger partial charge is 0.0661 e. The summed E-state index contributed by atoms with van der Waals surface area (Å²) in [4.78, 5) is 4.35. The van der Waals surface area contributed by atoms with Crippen molar-refractivity contribution in [2.75, 3.05) is 19.8 Å². The molecule has 1 aromatic carbocycles. The fourth-order valence-electron chi connectivity index (χ4n) is 1.55. The van der Waals surface area contributed by atoms with Gasteiger partial charge in [0.15, 0.2) is 0 Å². The quantitative estimate of drug-likeness (QED) is 0.510. The van der Waals surface area contributed by atoms with Crippen molar-refractivity contribution in [3.05, 3.63) is 35.9 Å². The van der Waals surface area contributed by atoms with Gasteiger partial charge >= 0.3 is 0 Å². The third-order valence-corrected chi connectivity index (χ3v) is 2.33.